The van der Waals surface area contributed by atoms with Crippen LogP contribution >= 0.6 is 11.6 Å². The third-order valence-corrected chi connectivity index (χ3v) is 6.49. The van der Waals surface area contributed by atoms with E-state index in [0.29, 0.717) is 24.2 Å². The Kier molecular flexibility index (Phi) is 3.63. The zero-order valence-corrected chi connectivity index (χ0v) is 12.7. The first kappa shape index (κ1) is 14.7. The number of carbonyl (C=O) groups excluding carboxylic acids is 2. The number of Topliss-reactive ketones (excluding diaryl/α,β-unsaturated/α-hetero) is 1. The minimum atomic E-state index is -3.72. The van der Waals surface area contributed by atoms with Crippen molar-refractivity contribution in [1.82, 2.24) is 4.31 Å². The van der Waals surface area contributed by atoms with E-state index >= 15 is 0 Å². The standard InChI is InChI=1S/C14H14ClNO4S/c15-9-1-4-11(5-2-9)21(19,20)16-10-3-6-13(16)12(8-17)14(18)7-10/h1-2,4-5,8,10,12-13H,3,6-7H2. The largest absolute Gasteiger partial charge is 0.303 e. The van der Waals surface area contributed by atoms with Gasteiger partial charge in [-0.1, -0.05) is 11.6 Å². The Balaban J connectivity index is 2.01. The Morgan fingerprint density at radius 2 is 1.86 bits per heavy atom. The average Bonchev–Trinajstić information content (AvgIpc) is 2.77. The SMILES string of the molecule is O=CC1C(=O)CC2CCC1N2S(=O)(=O)c1ccc(Cl)cc1. The predicted molar refractivity (Wildman–Crippen MR) is 76.5 cm³/mol. The highest BCUT2D eigenvalue weighted by Crippen LogP contribution is 2.40. The van der Waals surface area contributed by atoms with Crippen LogP contribution in [0.3, 0.4) is 0 Å². The molecule has 2 aliphatic rings. The molecule has 1 aromatic rings. The van der Waals surface area contributed by atoms with Gasteiger partial charge in [0.1, 0.15) is 12.1 Å². The quantitative estimate of drug-likeness (QED) is 0.625. The van der Waals surface area contributed by atoms with Gasteiger partial charge in [-0.2, -0.15) is 4.31 Å². The van der Waals surface area contributed by atoms with E-state index in [1.54, 1.807) is 0 Å². The van der Waals surface area contributed by atoms with Gasteiger partial charge >= 0.3 is 0 Å². The molecule has 112 valence electrons. The molecule has 2 bridgehead atoms. The number of benzene rings is 1. The molecule has 0 radical (unpaired) electrons. The second kappa shape index (κ2) is 5.19. The lowest BCUT2D eigenvalue weighted by molar-refractivity contribution is -0.131. The number of halogens is 1. The maximum atomic E-state index is 12.8. The molecule has 7 heteroatoms. The molecule has 3 unspecified atom stereocenters. The summed E-state index contributed by atoms with van der Waals surface area (Å²) in [7, 11) is -3.72. The zero-order chi connectivity index (χ0) is 15.2. The molecule has 3 rings (SSSR count). The maximum Gasteiger partial charge on any atom is 0.243 e. The molecule has 0 saturated carbocycles. The maximum absolute atomic E-state index is 12.8. The molecule has 3 atom stereocenters. The summed E-state index contributed by atoms with van der Waals surface area (Å²) in [4.78, 5) is 23.2. The van der Waals surface area contributed by atoms with E-state index in [-0.39, 0.29) is 23.1 Å². The van der Waals surface area contributed by atoms with Gasteiger partial charge in [0.05, 0.1) is 10.8 Å². The van der Waals surface area contributed by atoms with Crippen LogP contribution in [-0.2, 0) is 19.6 Å². The second-order valence-corrected chi connectivity index (χ2v) is 7.70. The summed E-state index contributed by atoms with van der Waals surface area (Å²) in [6, 6.07) is 5.05. The monoisotopic (exact) mass is 327 g/mol. The van der Waals surface area contributed by atoms with Gasteiger partial charge in [0.2, 0.25) is 10.0 Å². The minimum Gasteiger partial charge on any atom is -0.303 e. The molecule has 0 aromatic heterocycles. The molecule has 2 heterocycles. The molecule has 2 aliphatic heterocycles. The molecule has 0 N–H and O–H groups in total. The normalized spacial score (nSPS) is 29.6. The lowest BCUT2D eigenvalue weighted by Gasteiger charge is -2.35. The lowest BCUT2D eigenvalue weighted by atomic mass is 9.92. The van der Waals surface area contributed by atoms with E-state index in [2.05, 4.69) is 0 Å². The lowest BCUT2D eigenvalue weighted by Crippen LogP contribution is -2.52. The Labute approximate surface area is 127 Å². The predicted octanol–water partition coefficient (Wildman–Crippen LogP) is 1.65. The van der Waals surface area contributed by atoms with Crippen molar-refractivity contribution in [2.24, 2.45) is 5.92 Å². The third-order valence-electron chi connectivity index (χ3n) is 4.24. The number of nitrogens with zero attached hydrogens (tertiary/aromatic N) is 1. The Hall–Kier alpha value is -1.24. The highest BCUT2D eigenvalue weighted by atomic mass is 35.5. The fourth-order valence-corrected chi connectivity index (χ4v) is 5.29. The highest BCUT2D eigenvalue weighted by molar-refractivity contribution is 7.89. The van der Waals surface area contributed by atoms with Gasteiger partial charge in [0.25, 0.3) is 0 Å². The van der Waals surface area contributed by atoms with Crippen LogP contribution in [0.1, 0.15) is 19.3 Å². The van der Waals surface area contributed by atoms with Gasteiger partial charge in [-0.15, -0.1) is 0 Å². The summed E-state index contributed by atoms with van der Waals surface area (Å²) in [6.07, 6.45) is 1.87. The van der Waals surface area contributed by atoms with Crippen LogP contribution in [0.5, 0.6) is 0 Å². The van der Waals surface area contributed by atoms with Crippen molar-refractivity contribution in [3.05, 3.63) is 29.3 Å². The summed E-state index contributed by atoms with van der Waals surface area (Å²) in [5, 5.41) is 0.455. The fraction of sp³-hybridized carbons (Fsp3) is 0.429. The number of rotatable bonds is 3. The van der Waals surface area contributed by atoms with Crippen molar-refractivity contribution in [3.63, 3.8) is 0 Å². The van der Waals surface area contributed by atoms with E-state index in [1.807, 2.05) is 0 Å². The van der Waals surface area contributed by atoms with Crippen LogP contribution in [0.15, 0.2) is 29.2 Å². The Bertz CT molecular complexity index is 685. The molecule has 0 aliphatic carbocycles. The van der Waals surface area contributed by atoms with Gasteiger partial charge in [-0.05, 0) is 37.1 Å². The van der Waals surface area contributed by atoms with Crippen LogP contribution in [0.25, 0.3) is 0 Å². The van der Waals surface area contributed by atoms with Crippen molar-refractivity contribution in [3.8, 4) is 0 Å². The van der Waals surface area contributed by atoms with Crippen LogP contribution in [0.4, 0.5) is 0 Å². The number of sulfonamides is 1. The second-order valence-electron chi connectivity index (χ2n) is 5.42. The number of carbonyl (C=O) groups is 2. The molecule has 0 spiro atoms. The van der Waals surface area contributed by atoms with Crippen molar-refractivity contribution in [1.29, 1.82) is 0 Å². The van der Waals surface area contributed by atoms with Gasteiger partial charge in [-0.25, -0.2) is 8.42 Å². The van der Waals surface area contributed by atoms with Gasteiger partial charge < -0.3 is 4.79 Å². The van der Waals surface area contributed by atoms with Crippen LogP contribution in [0, 0.1) is 5.92 Å². The molecule has 2 fully saturated rings. The van der Waals surface area contributed by atoms with Crippen LogP contribution < -0.4 is 0 Å². The highest BCUT2D eigenvalue weighted by Gasteiger charge is 2.51. The summed E-state index contributed by atoms with van der Waals surface area (Å²) in [6.45, 7) is 0. The summed E-state index contributed by atoms with van der Waals surface area (Å²) in [5.74, 6) is -0.995. The van der Waals surface area contributed by atoms with Gasteiger partial charge in [0.15, 0.2) is 0 Å². The summed E-state index contributed by atoms with van der Waals surface area (Å²) < 4.78 is 26.9. The third kappa shape index (κ3) is 2.31. The van der Waals surface area contributed by atoms with Gasteiger partial charge in [-0.3, -0.25) is 4.79 Å². The van der Waals surface area contributed by atoms with Gasteiger partial charge in [0, 0.05) is 23.5 Å². The number of hydrogen-bond donors (Lipinski definition) is 0. The number of ketones is 1. The van der Waals surface area contributed by atoms with Crippen LogP contribution in [0.2, 0.25) is 5.02 Å². The molecule has 21 heavy (non-hydrogen) atoms. The summed E-state index contributed by atoms with van der Waals surface area (Å²) in [5.41, 5.74) is 0. The number of fused-ring (bicyclic) bond motifs is 2. The Morgan fingerprint density at radius 1 is 1.19 bits per heavy atom. The number of hydrogen-bond acceptors (Lipinski definition) is 4. The molecule has 2 saturated heterocycles. The van der Waals surface area contributed by atoms with Crippen molar-refractivity contribution in [2.45, 2.75) is 36.2 Å². The molecule has 1 aromatic carbocycles. The Morgan fingerprint density at radius 3 is 2.48 bits per heavy atom. The van der Waals surface area contributed by atoms with E-state index < -0.39 is 22.0 Å². The average molecular weight is 328 g/mol. The first-order valence-corrected chi connectivity index (χ1v) is 8.54. The fourth-order valence-electron chi connectivity index (χ4n) is 3.27. The number of aldehydes is 1. The van der Waals surface area contributed by atoms with Crippen molar-refractivity contribution in [2.75, 3.05) is 0 Å². The minimum absolute atomic E-state index is 0.118. The first-order chi connectivity index (χ1) is 9.95. The first-order valence-electron chi connectivity index (χ1n) is 6.72. The number of piperidine rings is 1. The molecular formula is C14H14ClNO4S. The van der Waals surface area contributed by atoms with E-state index in [9.17, 15) is 18.0 Å². The molecule has 5 nitrogen and oxygen atoms in total. The van der Waals surface area contributed by atoms with E-state index in [0.717, 1.165) is 0 Å². The smallest absolute Gasteiger partial charge is 0.243 e. The summed E-state index contributed by atoms with van der Waals surface area (Å²) >= 11 is 5.78. The van der Waals surface area contributed by atoms with Crippen molar-refractivity contribution < 1.29 is 18.0 Å². The zero-order valence-electron chi connectivity index (χ0n) is 11.1. The topological polar surface area (TPSA) is 71.5 Å². The van der Waals surface area contributed by atoms with E-state index in [4.69, 9.17) is 11.6 Å². The molecule has 0 amide bonds. The van der Waals surface area contributed by atoms with Crippen molar-refractivity contribution >= 4 is 33.7 Å². The van der Waals surface area contributed by atoms with E-state index in [1.165, 1.54) is 28.6 Å². The molecular weight excluding hydrogens is 314 g/mol. The van der Waals surface area contributed by atoms with Crippen LogP contribution in [-0.4, -0.2) is 36.9 Å².